The molecule has 0 aliphatic heterocycles. The van der Waals surface area contributed by atoms with Crippen molar-refractivity contribution >= 4 is 51.3 Å². The standard InChI is InChI=1S/C14H11IN4O/c15-9-4-3-5-10(8-9)16-14(20)19-13-17-11-6-1-2-7-12(11)18-13/h1-8H,(H3,16,17,18,19,20). The smallest absolute Gasteiger partial charge is 0.324 e. The molecule has 20 heavy (non-hydrogen) atoms. The number of imidazole rings is 1. The summed E-state index contributed by atoms with van der Waals surface area (Å²) in [5, 5.41) is 5.44. The molecule has 0 spiro atoms. The van der Waals surface area contributed by atoms with Crippen molar-refractivity contribution in [2.75, 3.05) is 10.6 Å². The summed E-state index contributed by atoms with van der Waals surface area (Å²) in [6.07, 6.45) is 0. The zero-order valence-electron chi connectivity index (χ0n) is 10.4. The lowest BCUT2D eigenvalue weighted by atomic mass is 10.3. The molecule has 0 unspecified atom stereocenters. The van der Waals surface area contributed by atoms with Gasteiger partial charge in [-0.2, -0.15) is 0 Å². The first-order valence-corrected chi connectivity index (χ1v) is 7.07. The number of rotatable bonds is 2. The highest BCUT2D eigenvalue weighted by atomic mass is 127. The van der Waals surface area contributed by atoms with Crippen LogP contribution in [0.25, 0.3) is 11.0 Å². The third kappa shape index (κ3) is 2.90. The van der Waals surface area contributed by atoms with E-state index in [1.54, 1.807) is 0 Å². The Kier molecular flexibility index (Phi) is 3.55. The molecule has 3 N–H and O–H groups in total. The number of anilines is 2. The van der Waals surface area contributed by atoms with Crippen LogP contribution in [-0.2, 0) is 0 Å². The molecule has 3 rings (SSSR count). The van der Waals surface area contributed by atoms with Crippen LogP contribution in [0, 0.1) is 3.57 Å². The van der Waals surface area contributed by atoms with Gasteiger partial charge in [-0.25, -0.2) is 9.78 Å². The molecule has 0 atom stereocenters. The van der Waals surface area contributed by atoms with Crippen LogP contribution >= 0.6 is 22.6 Å². The highest BCUT2D eigenvalue weighted by Crippen LogP contribution is 2.15. The van der Waals surface area contributed by atoms with Gasteiger partial charge in [0, 0.05) is 9.26 Å². The summed E-state index contributed by atoms with van der Waals surface area (Å²) >= 11 is 2.19. The normalized spacial score (nSPS) is 10.4. The van der Waals surface area contributed by atoms with Crippen LogP contribution < -0.4 is 10.6 Å². The molecule has 0 fully saturated rings. The fraction of sp³-hybridized carbons (Fsp3) is 0. The Labute approximate surface area is 128 Å². The van der Waals surface area contributed by atoms with Gasteiger partial charge in [0.2, 0.25) is 5.95 Å². The summed E-state index contributed by atoms with van der Waals surface area (Å²) in [6.45, 7) is 0. The summed E-state index contributed by atoms with van der Waals surface area (Å²) in [6, 6.07) is 14.8. The topological polar surface area (TPSA) is 69.8 Å². The van der Waals surface area contributed by atoms with E-state index in [0.717, 1.165) is 20.3 Å². The maximum absolute atomic E-state index is 11.9. The summed E-state index contributed by atoms with van der Waals surface area (Å²) in [7, 11) is 0. The Balaban J connectivity index is 1.72. The molecule has 0 aliphatic carbocycles. The third-order valence-electron chi connectivity index (χ3n) is 2.70. The molecule has 100 valence electrons. The zero-order chi connectivity index (χ0) is 13.9. The Morgan fingerprint density at radius 2 is 1.95 bits per heavy atom. The number of amides is 2. The van der Waals surface area contributed by atoms with E-state index in [1.807, 2.05) is 48.5 Å². The second kappa shape index (κ2) is 5.49. The molecule has 1 heterocycles. The SMILES string of the molecule is O=C(Nc1cccc(I)c1)Nc1nc2ccccc2[nH]1. The van der Waals surface area contributed by atoms with Crippen LogP contribution in [0.5, 0.6) is 0 Å². The van der Waals surface area contributed by atoms with Crippen LogP contribution in [0.2, 0.25) is 0 Å². The van der Waals surface area contributed by atoms with Gasteiger partial charge < -0.3 is 10.3 Å². The number of nitrogens with one attached hydrogen (secondary N) is 3. The second-order valence-corrected chi connectivity index (χ2v) is 5.44. The lowest BCUT2D eigenvalue weighted by molar-refractivity contribution is 0.262. The number of carbonyl (C=O) groups excluding carboxylic acids is 1. The number of fused-ring (bicyclic) bond motifs is 1. The molecular weight excluding hydrogens is 367 g/mol. The van der Waals surface area contributed by atoms with Crippen molar-refractivity contribution in [1.82, 2.24) is 9.97 Å². The molecule has 2 amide bonds. The van der Waals surface area contributed by atoms with Crippen LogP contribution in [0.4, 0.5) is 16.4 Å². The molecular formula is C14H11IN4O. The van der Waals surface area contributed by atoms with Crippen molar-refractivity contribution in [1.29, 1.82) is 0 Å². The van der Waals surface area contributed by atoms with Crippen molar-refractivity contribution in [3.05, 3.63) is 52.1 Å². The van der Waals surface area contributed by atoms with E-state index in [-0.39, 0.29) is 6.03 Å². The Morgan fingerprint density at radius 1 is 1.10 bits per heavy atom. The van der Waals surface area contributed by atoms with Gasteiger partial charge in [0.15, 0.2) is 0 Å². The number of benzene rings is 2. The lowest BCUT2D eigenvalue weighted by Crippen LogP contribution is -2.20. The van der Waals surface area contributed by atoms with E-state index < -0.39 is 0 Å². The lowest BCUT2D eigenvalue weighted by Gasteiger charge is -2.05. The fourth-order valence-corrected chi connectivity index (χ4v) is 2.39. The monoisotopic (exact) mass is 378 g/mol. The van der Waals surface area contributed by atoms with Gasteiger partial charge in [0.1, 0.15) is 0 Å². The number of hydrogen-bond donors (Lipinski definition) is 3. The molecule has 0 saturated heterocycles. The van der Waals surface area contributed by atoms with Crippen molar-refractivity contribution in [3.63, 3.8) is 0 Å². The molecule has 0 saturated carbocycles. The van der Waals surface area contributed by atoms with Crippen molar-refractivity contribution in [2.45, 2.75) is 0 Å². The maximum atomic E-state index is 11.9. The molecule has 0 bridgehead atoms. The minimum atomic E-state index is -0.328. The fourth-order valence-electron chi connectivity index (χ4n) is 1.85. The van der Waals surface area contributed by atoms with Crippen LogP contribution in [-0.4, -0.2) is 16.0 Å². The molecule has 3 aromatic rings. The summed E-state index contributed by atoms with van der Waals surface area (Å²) in [5.41, 5.74) is 2.44. The maximum Gasteiger partial charge on any atom is 0.326 e. The average Bonchev–Trinajstić information content (AvgIpc) is 2.80. The van der Waals surface area contributed by atoms with Crippen LogP contribution in [0.1, 0.15) is 0 Å². The van der Waals surface area contributed by atoms with Gasteiger partial charge in [-0.15, -0.1) is 0 Å². The van der Waals surface area contributed by atoms with Gasteiger partial charge in [-0.3, -0.25) is 5.32 Å². The predicted molar refractivity (Wildman–Crippen MR) is 87.9 cm³/mol. The number of halogens is 1. The van der Waals surface area contributed by atoms with Crippen LogP contribution in [0.3, 0.4) is 0 Å². The van der Waals surface area contributed by atoms with E-state index >= 15 is 0 Å². The minimum absolute atomic E-state index is 0.328. The van der Waals surface area contributed by atoms with Crippen molar-refractivity contribution < 1.29 is 4.79 Å². The van der Waals surface area contributed by atoms with E-state index in [0.29, 0.717) is 5.95 Å². The first-order valence-electron chi connectivity index (χ1n) is 5.99. The van der Waals surface area contributed by atoms with E-state index in [1.165, 1.54) is 0 Å². The number of hydrogen-bond acceptors (Lipinski definition) is 2. The number of aromatic amines is 1. The van der Waals surface area contributed by atoms with Crippen molar-refractivity contribution in [2.24, 2.45) is 0 Å². The zero-order valence-corrected chi connectivity index (χ0v) is 12.5. The van der Waals surface area contributed by atoms with E-state index in [9.17, 15) is 4.79 Å². The molecule has 0 aliphatic rings. The molecule has 6 heteroatoms. The number of nitrogens with zero attached hydrogens (tertiary/aromatic N) is 1. The third-order valence-corrected chi connectivity index (χ3v) is 3.37. The second-order valence-electron chi connectivity index (χ2n) is 4.19. The first-order chi connectivity index (χ1) is 9.70. The number of aromatic nitrogens is 2. The molecule has 1 aromatic heterocycles. The Hall–Kier alpha value is -2.09. The molecule has 2 aromatic carbocycles. The highest BCUT2D eigenvalue weighted by Gasteiger charge is 2.06. The Morgan fingerprint density at radius 3 is 2.75 bits per heavy atom. The van der Waals surface area contributed by atoms with Gasteiger partial charge >= 0.3 is 6.03 Å². The van der Waals surface area contributed by atoms with E-state index in [2.05, 4.69) is 43.2 Å². The average molecular weight is 378 g/mol. The summed E-state index contributed by atoms with van der Waals surface area (Å²) in [4.78, 5) is 19.2. The number of para-hydroxylation sites is 2. The van der Waals surface area contributed by atoms with Crippen LogP contribution in [0.15, 0.2) is 48.5 Å². The summed E-state index contributed by atoms with van der Waals surface area (Å²) in [5.74, 6) is 0.425. The van der Waals surface area contributed by atoms with Gasteiger partial charge in [0.05, 0.1) is 11.0 Å². The van der Waals surface area contributed by atoms with Gasteiger partial charge in [-0.1, -0.05) is 18.2 Å². The number of carbonyl (C=O) groups is 1. The molecule has 0 radical (unpaired) electrons. The van der Waals surface area contributed by atoms with Gasteiger partial charge in [0.25, 0.3) is 0 Å². The minimum Gasteiger partial charge on any atom is -0.324 e. The Bertz CT molecular complexity index is 735. The number of urea groups is 1. The largest absolute Gasteiger partial charge is 0.326 e. The molecule has 5 nitrogen and oxygen atoms in total. The van der Waals surface area contributed by atoms with Gasteiger partial charge in [-0.05, 0) is 52.9 Å². The van der Waals surface area contributed by atoms with E-state index in [4.69, 9.17) is 0 Å². The van der Waals surface area contributed by atoms with Crippen molar-refractivity contribution in [3.8, 4) is 0 Å². The summed E-state index contributed by atoms with van der Waals surface area (Å²) < 4.78 is 1.06. The highest BCUT2D eigenvalue weighted by molar-refractivity contribution is 14.1. The number of H-pyrrole nitrogens is 1. The quantitative estimate of drug-likeness (QED) is 0.594. The first kappa shape index (κ1) is 12.9. The predicted octanol–water partition coefficient (Wildman–Crippen LogP) is 3.81.